The van der Waals surface area contributed by atoms with Crippen LogP contribution in [0.15, 0.2) is 0 Å². The number of hydrogen-bond donors (Lipinski definition) is 1. The van der Waals surface area contributed by atoms with E-state index in [-0.39, 0.29) is 13.2 Å². The smallest absolute Gasteiger partial charge is 0.302 e. The minimum Gasteiger partial charge on any atom is -0.463 e. The summed E-state index contributed by atoms with van der Waals surface area (Å²) in [5.74, 6) is -0.438. The maximum atomic E-state index is 10.1. The Balaban J connectivity index is 3.06. The van der Waals surface area contributed by atoms with Gasteiger partial charge in [0.1, 0.15) is 13.2 Å². The van der Waals surface area contributed by atoms with Gasteiger partial charge in [0.15, 0.2) is 0 Å². The molecule has 5 nitrogen and oxygen atoms in total. The zero-order chi connectivity index (χ0) is 7.98. The zero-order valence-corrected chi connectivity index (χ0v) is 6.22. The van der Waals surface area contributed by atoms with E-state index in [1.807, 2.05) is 0 Å². The molecule has 0 bridgehead atoms. The molecular weight excluding hydrogens is 160 g/mol. The summed E-state index contributed by atoms with van der Waals surface area (Å²) >= 11 is -2.27. The van der Waals surface area contributed by atoms with Crippen molar-refractivity contribution >= 4 is 17.3 Å². The summed E-state index contributed by atoms with van der Waals surface area (Å²) in [6.07, 6.45) is 0. The quantitative estimate of drug-likeness (QED) is 0.354. The van der Waals surface area contributed by atoms with Gasteiger partial charge in [0.25, 0.3) is 0 Å². The van der Waals surface area contributed by atoms with E-state index in [0.29, 0.717) is 0 Å². The average Bonchev–Trinajstić information content (AvgIpc) is 1.79. The highest BCUT2D eigenvalue weighted by molar-refractivity contribution is 7.74. The van der Waals surface area contributed by atoms with Gasteiger partial charge in [0, 0.05) is 6.92 Å². The Morgan fingerprint density at radius 1 is 1.60 bits per heavy atom. The minimum atomic E-state index is -2.27. The Morgan fingerprint density at radius 2 is 2.20 bits per heavy atom. The van der Waals surface area contributed by atoms with Crippen molar-refractivity contribution in [2.45, 2.75) is 6.92 Å². The van der Waals surface area contributed by atoms with Crippen molar-refractivity contribution in [1.29, 1.82) is 0 Å². The molecule has 0 amide bonds. The second kappa shape index (κ2) is 5.33. The first-order valence-electron chi connectivity index (χ1n) is 2.50. The normalized spacial score (nSPS) is 12.6. The van der Waals surface area contributed by atoms with E-state index in [1.165, 1.54) is 6.92 Å². The van der Waals surface area contributed by atoms with Crippen molar-refractivity contribution < 1.29 is 22.5 Å². The maximum Gasteiger partial charge on any atom is 0.302 e. The molecule has 0 heterocycles. The molecule has 0 rings (SSSR count). The molecule has 1 N–H and O–H groups in total. The highest BCUT2D eigenvalue weighted by atomic mass is 32.2. The highest BCUT2D eigenvalue weighted by Gasteiger charge is 1.94. The monoisotopic (exact) mass is 168 g/mol. The van der Waals surface area contributed by atoms with Crippen LogP contribution in [0.4, 0.5) is 0 Å². The molecule has 0 aliphatic carbocycles. The minimum absolute atomic E-state index is 0.00162. The molecule has 0 aromatic carbocycles. The highest BCUT2D eigenvalue weighted by Crippen LogP contribution is 1.81. The van der Waals surface area contributed by atoms with Crippen molar-refractivity contribution in [1.82, 2.24) is 0 Å². The average molecular weight is 168 g/mol. The van der Waals surface area contributed by atoms with Gasteiger partial charge in [-0.1, -0.05) is 0 Å². The maximum absolute atomic E-state index is 10.1. The lowest BCUT2D eigenvalue weighted by molar-refractivity contribution is -0.141. The van der Waals surface area contributed by atoms with Crippen molar-refractivity contribution in [2.75, 3.05) is 13.2 Å². The standard InChI is InChI=1S/C4H8O5S/c1-4(5)8-2-3-9-10(6)7/h2-3H2,1H3,(H,6,7). The molecule has 0 saturated carbocycles. The first kappa shape index (κ1) is 9.54. The third kappa shape index (κ3) is 7.54. The molecule has 0 fully saturated rings. The van der Waals surface area contributed by atoms with Crippen LogP contribution in [0.1, 0.15) is 6.92 Å². The van der Waals surface area contributed by atoms with E-state index in [9.17, 15) is 9.00 Å². The van der Waals surface area contributed by atoms with Gasteiger partial charge < -0.3 is 4.74 Å². The van der Waals surface area contributed by atoms with Gasteiger partial charge >= 0.3 is 17.3 Å². The summed E-state index contributed by atoms with van der Waals surface area (Å²) in [5, 5.41) is 0. The SMILES string of the molecule is CC(=O)OCCOS(=O)O. The molecule has 0 radical (unpaired) electrons. The fourth-order valence-electron chi connectivity index (χ4n) is 0.291. The third-order valence-corrected chi connectivity index (χ3v) is 0.941. The second-order valence-electron chi connectivity index (χ2n) is 1.38. The van der Waals surface area contributed by atoms with E-state index in [1.54, 1.807) is 0 Å². The summed E-state index contributed by atoms with van der Waals surface area (Å²) < 4.78 is 26.3. The second-order valence-corrected chi connectivity index (χ2v) is 2.05. The summed E-state index contributed by atoms with van der Waals surface area (Å²) in [4.78, 5) is 10.1. The van der Waals surface area contributed by atoms with Crippen LogP contribution >= 0.6 is 0 Å². The summed E-state index contributed by atoms with van der Waals surface area (Å²) in [5.41, 5.74) is 0. The fourth-order valence-corrected chi connectivity index (χ4v) is 0.501. The molecule has 1 unspecified atom stereocenters. The molecular formula is C4H8O5S. The number of hydrogen-bond acceptors (Lipinski definition) is 4. The Hall–Kier alpha value is -0.460. The molecule has 60 valence electrons. The zero-order valence-electron chi connectivity index (χ0n) is 5.40. The van der Waals surface area contributed by atoms with Gasteiger partial charge in [-0.15, -0.1) is 0 Å². The Bertz CT molecular complexity index is 118. The molecule has 10 heavy (non-hydrogen) atoms. The summed E-state index contributed by atoms with van der Waals surface area (Å²) in [6, 6.07) is 0. The largest absolute Gasteiger partial charge is 0.463 e. The van der Waals surface area contributed by atoms with Crippen molar-refractivity contribution in [3.8, 4) is 0 Å². The molecule has 0 aromatic heterocycles. The number of carbonyl (C=O) groups excluding carboxylic acids is 1. The lowest BCUT2D eigenvalue weighted by Crippen LogP contribution is -2.08. The van der Waals surface area contributed by atoms with Crippen molar-refractivity contribution in [3.05, 3.63) is 0 Å². The number of carbonyl (C=O) groups is 1. The van der Waals surface area contributed by atoms with Gasteiger partial charge in [0.2, 0.25) is 0 Å². The molecule has 0 aliphatic heterocycles. The van der Waals surface area contributed by atoms with Crippen LogP contribution < -0.4 is 0 Å². The fraction of sp³-hybridized carbons (Fsp3) is 0.750. The molecule has 0 spiro atoms. The molecule has 6 heteroatoms. The van der Waals surface area contributed by atoms with Crippen LogP contribution in [-0.2, 0) is 25.1 Å². The predicted molar refractivity (Wildman–Crippen MR) is 33.4 cm³/mol. The van der Waals surface area contributed by atoms with E-state index in [2.05, 4.69) is 8.92 Å². The third-order valence-electron chi connectivity index (χ3n) is 0.573. The van der Waals surface area contributed by atoms with Gasteiger partial charge in [-0.05, 0) is 0 Å². The van der Waals surface area contributed by atoms with Crippen molar-refractivity contribution in [2.24, 2.45) is 0 Å². The van der Waals surface area contributed by atoms with E-state index in [4.69, 9.17) is 4.55 Å². The van der Waals surface area contributed by atoms with Crippen LogP contribution in [0.25, 0.3) is 0 Å². The lowest BCUT2D eigenvalue weighted by atomic mass is 10.7. The summed E-state index contributed by atoms with van der Waals surface area (Å²) in [6.45, 7) is 1.18. The first-order chi connectivity index (χ1) is 4.63. The molecule has 0 saturated heterocycles. The topological polar surface area (TPSA) is 72.8 Å². The number of esters is 1. The van der Waals surface area contributed by atoms with E-state index < -0.39 is 17.3 Å². The Kier molecular flexibility index (Phi) is 5.09. The molecule has 1 atom stereocenters. The number of ether oxygens (including phenoxy) is 1. The van der Waals surface area contributed by atoms with E-state index in [0.717, 1.165) is 0 Å². The van der Waals surface area contributed by atoms with Crippen molar-refractivity contribution in [3.63, 3.8) is 0 Å². The van der Waals surface area contributed by atoms with Gasteiger partial charge in [-0.25, -0.2) is 0 Å². The molecule has 0 aromatic rings. The van der Waals surface area contributed by atoms with Crippen LogP contribution in [0.2, 0.25) is 0 Å². The van der Waals surface area contributed by atoms with Gasteiger partial charge in [-0.3, -0.25) is 13.5 Å². The van der Waals surface area contributed by atoms with Gasteiger partial charge in [-0.2, -0.15) is 4.21 Å². The summed E-state index contributed by atoms with van der Waals surface area (Å²) in [7, 11) is 0. The van der Waals surface area contributed by atoms with Crippen LogP contribution in [0.5, 0.6) is 0 Å². The van der Waals surface area contributed by atoms with E-state index >= 15 is 0 Å². The number of rotatable bonds is 4. The Labute approximate surface area is 60.8 Å². The predicted octanol–water partition coefficient (Wildman–Crippen LogP) is -0.297. The van der Waals surface area contributed by atoms with Crippen LogP contribution in [-0.4, -0.2) is 27.9 Å². The van der Waals surface area contributed by atoms with Gasteiger partial charge in [0.05, 0.1) is 0 Å². The van der Waals surface area contributed by atoms with Crippen LogP contribution in [0.3, 0.4) is 0 Å². The Morgan fingerprint density at radius 3 is 2.60 bits per heavy atom. The molecule has 0 aliphatic rings. The van der Waals surface area contributed by atoms with Crippen LogP contribution in [0, 0.1) is 0 Å². The lowest BCUT2D eigenvalue weighted by Gasteiger charge is -1.98. The first-order valence-corrected chi connectivity index (χ1v) is 3.53.